The van der Waals surface area contributed by atoms with Crippen LogP contribution in [0.4, 0.5) is 5.69 Å². The number of carbonyl (C=O) groups is 2. The highest BCUT2D eigenvalue weighted by atomic mass is 79.9. The normalized spacial score (nSPS) is 17.0. The molecular formula is C19H20BrN3O2. The molecule has 130 valence electrons. The van der Waals surface area contributed by atoms with Gasteiger partial charge < -0.3 is 9.80 Å². The molecule has 3 rings (SSSR count). The molecular weight excluding hydrogens is 382 g/mol. The van der Waals surface area contributed by atoms with Gasteiger partial charge >= 0.3 is 0 Å². The number of likely N-dealkylation sites (N-methyl/N-ethyl adjacent to an activating group) is 1. The Hall–Kier alpha value is -2.21. The van der Waals surface area contributed by atoms with E-state index in [9.17, 15) is 9.59 Å². The Morgan fingerprint density at radius 1 is 1.28 bits per heavy atom. The number of pyridine rings is 1. The molecule has 1 aromatic heterocycles. The van der Waals surface area contributed by atoms with Gasteiger partial charge in [-0.15, -0.1) is 0 Å². The zero-order valence-corrected chi connectivity index (χ0v) is 15.6. The largest absolute Gasteiger partial charge is 0.345 e. The first-order valence-electron chi connectivity index (χ1n) is 8.26. The first-order valence-corrected chi connectivity index (χ1v) is 9.05. The van der Waals surface area contributed by atoms with Crippen molar-refractivity contribution in [3.05, 3.63) is 58.8 Å². The van der Waals surface area contributed by atoms with Crippen molar-refractivity contribution in [2.24, 2.45) is 5.92 Å². The van der Waals surface area contributed by atoms with Gasteiger partial charge in [0.05, 0.1) is 11.6 Å². The predicted molar refractivity (Wildman–Crippen MR) is 100 cm³/mol. The van der Waals surface area contributed by atoms with E-state index in [0.29, 0.717) is 19.5 Å². The van der Waals surface area contributed by atoms with Gasteiger partial charge in [0.25, 0.3) is 0 Å². The molecule has 2 amide bonds. The van der Waals surface area contributed by atoms with E-state index in [1.165, 1.54) is 0 Å². The molecule has 1 unspecified atom stereocenters. The van der Waals surface area contributed by atoms with Gasteiger partial charge in [-0.2, -0.15) is 0 Å². The maximum absolute atomic E-state index is 12.7. The van der Waals surface area contributed by atoms with Gasteiger partial charge in [-0.25, -0.2) is 0 Å². The van der Waals surface area contributed by atoms with E-state index in [1.54, 1.807) is 23.0 Å². The van der Waals surface area contributed by atoms with Crippen LogP contribution in [0, 0.1) is 5.92 Å². The highest BCUT2D eigenvalue weighted by Crippen LogP contribution is 2.31. The van der Waals surface area contributed by atoms with Crippen LogP contribution in [-0.2, 0) is 16.0 Å². The van der Waals surface area contributed by atoms with Crippen molar-refractivity contribution in [1.29, 1.82) is 0 Å². The van der Waals surface area contributed by atoms with Gasteiger partial charge in [-0.05, 0) is 40.2 Å². The van der Waals surface area contributed by atoms with E-state index < -0.39 is 0 Å². The van der Waals surface area contributed by atoms with Crippen LogP contribution in [0.1, 0.15) is 12.1 Å². The van der Waals surface area contributed by atoms with Crippen LogP contribution in [0.3, 0.4) is 0 Å². The molecule has 0 bridgehead atoms. The Labute approximate surface area is 155 Å². The molecule has 1 fully saturated rings. The van der Waals surface area contributed by atoms with Crippen LogP contribution in [0.15, 0.2) is 53.1 Å². The summed E-state index contributed by atoms with van der Waals surface area (Å²) in [4.78, 5) is 32.7. The average Bonchev–Trinajstić information content (AvgIpc) is 3.02. The smallest absolute Gasteiger partial charge is 0.227 e. The fraction of sp³-hybridized carbons (Fsp3) is 0.316. The van der Waals surface area contributed by atoms with E-state index in [2.05, 4.69) is 20.9 Å². The van der Waals surface area contributed by atoms with E-state index in [4.69, 9.17) is 0 Å². The van der Waals surface area contributed by atoms with Gasteiger partial charge in [0, 0.05) is 49.3 Å². The number of halogens is 1. The summed E-state index contributed by atoms with van der Waals surface area (Å²) in [6.07, 6.45) is 2.72. The fourth-order valence-corrected chi connectivity index (χ4v) is 3.53. The third-order valence-corrected chi connectivity index (χ3v) is 5.09. The number of benzene rings is 1. The molecule has 25 heavy (non-hydrogen) atoms. The molecule has 6 heteroatoms. The molecule has 0 saturated carbocycles. The zero-order valence-electron chi connectivity index (χ0n) is 14.1. The number of rotatable bonds is 5. The molecule has 1 atom stereocenters. The Morgan fingerprint density at radius 2 is 2.04 bits per heavy atom. The van der Waals surface area contributed by atoms with E-state index >= 15 is 0 Å². The Kier molecular flexibility index (Phi) is 5.48. The average molecular weight is 402 g/mol. The highest BCUT2D eigenvalue weighted by Gasteiger charge is 2.36. The van der Waals surface area contributed by atoms with Gasteiger partial charge in [-0.3, -0.25) is 14.6 Å². The summed E-state index contributed by atoms with van der Waals surface area (Å²) >= 11 is 3.47. The summed E-state index contributed by atoms with van der Waals surface area (Å²) in [5, 5.41) is 0. The third-order valence-electron chi connectivity index (χ3n) is 4.42. The summed E-state index contributed by atoms with van der Waals surface area (Å²) in [5.74, 6) is -0.296. The summed E-state index contributed by atoms with van der Waals surface area (Å²) in [6, 6.07) is 13.3. The van der Waals surface area contributed by atoms with Crippen LogP contribution in [0.2, 0.25) is 0 Å². The van der Waals surface area contributed by atoms with Crippen LogP contribution >= 0.6 is 15.9 Å². The topological polar surface area (TPSA) is 53.5 Å². The maximum atomic E-state index is 12.7. The molecule has 0 radical (unpaired) electrons. The fourth-order valence-electron chi connectivity index (χ4n) is 3.03. The van der Waals surface area contributed by atoms with Crippen LogP contribution in [0.25, 0.3) is 0 Å². The Balaban J connectivity index is 1.61. The van der Waals surface area contributed by atoms with Gasteiger partial charge in [0.15, 0.2) is 0 Å². The highest BCUT2D eigenvalue weighted by molar-refractivity contribution is 9.10. The minimum absolute atomic E-state index is 0.0108. The lowest BCUT2D eigenvalue weighted by molar-refractivity contribution is -0.134. The van der Waals surface area contributed by atoms with E-state index in [0.717, 1.165) is 15.9 Å². The monoisotopic (exact) mass is 401 g/mol. The summed E-state index contributed by atoms with van der Waals surface area (Å²) in [5.41, 5.74) is 1.78. The Morgan fingerprint density at radius 3 is 2.76 bits per heavy atom. The molecule has 1 aliphatic rings. The van der Waals surface area contributed by atoms with Crippen LogP contribution in [0.5, 0.6) is 0 Å². The molecule has 1 aliphatic heterocycles. The molecule has 0 spiro atoms. The van der Waals surface area contributed by atoms with Gasteiger partial charge in [-0.1, -0.05) is 18.2 Å². The molecule has 2 heterocycles. The molecule has 5 nitrogen and oxygen atoms in total. The van der Waals surface area contributed by atoms with Crippen molar-refractivity contribution in [2.75, 3.05) is 25.0 Å². The Bertz CT molecular complexity index is 766. The van der Waals surface area contributed by atoms with Crippen molar-refractivity contribution in [3.63, 3.8) is 0 Å². The summed E-state index contributed by atoms with van der Waals surface area (Å²) in [6.45, 7) is 1.02. The predicted octanol–water partition coefficient (Wildman–Crippen LogP) is 2.90. The van der Waals surface area contributed by atoms with E-state index in [-0.39, 0.29) is 24.2 Å². The lowest BCUT2D eigenvalue weighted by Gasteiger charge is -2.22. The molecule has 0 aliphatic carbocycles. The number of nitrogens with zero attached hydrogens (tertiary/aromatic N) is 3. The number of para-hydroxylation sites is 1. The summed E-state index contributed by atoms with van der Waals surface area (Å²) < 4.78 is 0.861. The minimum atomic E-state index is -0.298. The van der Waals surface area contributed by atoms with Gasteiger partial charge in [0.1, 0.15) is 0 Å². The number of anilines is 1. The number of aromatic nitrogens is 1. The molecule has 0 N–H and O–H groups in total. The van der Waals surface area contributed by atoms with Crippen molar-refractivity contribution in [1.82, 2.24) is 9.88 Å². The second kappa shape index (κ2) is 7.78. The first kappa shape index (κ1) is 17.6. The molecule has 2 aromatic rings. The summed E-state index contributed by atoms with van der Waals surface area (Å²) in [7, 11) is 1.79. The lowest BCUT2D eigenvalue weighted by atomic mass is 10.1. The van der Waals surface area contributed by atoms with Crippen molar-refractivity contribution < 1.29 is 9.59 Å². The zero-order chi connectivity index (χ0) is 17.8. The quantitative estimate of drug-likeness (QED) is 0.773. The molecule has 1 aromatic carbocycles. The van der Waals surface area contributed by atoms with Crippen LogP contribution in [-0.4, -0.2) is 41.8 Å². The van der Waals surface area contributed by atoms with Crippen molar-refractivity contribution >= 4 is 33.4 Å². The van der Waals surface area contributed by atoms with Crippen molar-refractivity contribution in [2.45, 2.75) is 12.8 Å². The SMILES string of the molecule is CN(CCc1ccccn1)C(=O)C1CC(=O)N(c2ccccc2Br)C1. The number of amides is 2. The van der Waals surface area contributed by atoms with E-state index in [1.807, 2.05) is 42.5 Å². The first-order chi connectivity index (χ1) is 12.1. The standard InChI is InChI=1S/C19H20BrN3O2/c1-22(11-9-15-6-4-5-10-21-15)19(25)14-12-18(24)23(13-14)17-8-3-2-7-16(17)20/h2-8,10,14H,9,11-13H2,1H3. The number of hydrogen-bond donors (Lipinski definition) is 0. The second-order valence-corrected chi connectivity index (χ2v) is 7.04. The third kappa shape index (κ3) is 4.07. The lowest BCUT2D eigenvalue weighted by Crippen LogP contribution is -2.36. The molecule has 1 saturated heterocycles. The number of carbonyl (C=O) groups excluding carboxylic acids is 2. The number of hydrogen-bond acceptors (Lipinski definition) is 3. The maximum Gasteiger partial charge on any atom is 0.227 e. The van der Waals surface area contributed by atoms with Gasteiger partial charge in [0.2, 0.25) is 11.8 Å². The van der Waals surface area contributed by atoms with Crippen molar-refractivity contribution in [3.8, 4) is 0 Å². The van der Waals surface area contributed by atoms with Crippen LogP contribution < -0.4 is 4.90 Å². The minimum Gasteiger partial charge on any atom is -0.345 e. The second-order valence-electron chi connectivity index (χ2n) is 6.19.